The first kappa shape index (κ1) is 12.5. The molecule has 86 valence electrons. The Kier molecular flexibility index (Phi) is 4.81. The van der Waals surface area contributed by atoms with Crippen molar-refractivity contribution in [2.24, 2.45) is 0 Å². The molecule has 1 aromatic carbocycles. The van der Waals surface area contributed by atoms with Gasteiger partial charge in [-0.2, -0.15) is 0 Å². The first-order valence-corrected chi connectivity index (χ1v) is 5.09. The van der Waals surface area contributed by atoms with Crippen molar-refractivity contribution >= 4 is 30.1 Å². The fraction of sp³-hybridized carbons (Fsp3) is 0.200. The average molecular weight is 240 g/mol. The zero-order valence-corrected chi connectivity index (χ0v) is 9.33. The van der Waals surface area contributed by atoms with Crippen LogP contribution in [0, 0.1) is 0 Å². The molecule has 0 aliphatic rings. The highest BCUT2D eigenvalue weighted by molar-refractivity contribution is 7.80. The van der Waals surface area contributed by atoms with Gasteiger partial charge < -0.3 is 5.32 Å². The summed E-state index contributed by atoms with van der Waals surface area (Å²) in [5, 5.41) is 10.9. The number of rotatable bonds is 4. The van der Waals surface area contributed by atoms with E-state index in [1.165, 1.54) is 5.48 Å². The predicted octanol–water partition coefficient (Wildman–Crippen LogP) is 1.20. The molecule has 0 radical (unpaired) electrons. The molecule has 0 saturated heterocycles. The van der Waals surface area contributed by atoms with Crippen LogP contribution in [0.5, 0.6) is 0 Å². The van der Waals surface area contributed by atoms with Gasteiger partial charge in [0, 0.05) is 17.7 Å². The summed E-state index contributed by atoms with van der Waals surface area (Å²) in [4.78, 5) is 22.7. The van der Waals surface area contributed by atoms with Gasteiger partial charge in [0.1, 0.15) is 0 Å². The Morgan fingerprint density at radius 2 is 1.81 bits per heavy atom. The van der Waals surface area contributed by atoms with Gasteiger partial charge in [0.15, 0.2) is 0 Å². The lowest BCUT2D eigenvalue weighted by Crippen LogP contribution is -2.21. The number of hydrogen-bond acceptors (Lipinski definition) is 4. The number of hydroxylamine groups is 1. The number of carbonyl (C=O) groups is 2. The van der Waals surface area contributed by atoms with Crippen LogP contribution in [0.2, 0.25) is 0 Å². The zero-order valence-electron chi connectivity index (χ0n) is 8.43. The van der Waals surface area contributed by atoms with E-state index < -0.39 is 5.91 Å². The fourth-order valence-electron chi connectivity index (χ4n) is 1.08. The lowest BCUT2D eigenvalue weighted by molar-refractivity contribution is -0.131. The first-order chi connectivity index (χ1) is 7.63. The van der Waals surface area contributed by atoms with Gasteiger partial charge in [-0.1, -0.05) is 12.1 Å². The number of carbonyl (C=O) groups excluding carboxylic acids is 2. The van der Waals surface area contributed by atoms with Crippen molar-refractivity contribution in [2.45, 2.75) is 17.7 Å². The highest BCUT2D eigenvalue weighted by Gasteiger charge is 2.07. The summed E-state index contributed by atoms with van der Waals surface area (Å²) in [5.41, 5.74) is 2.06. The van der Waals surface area contributed by atoms with Crippen molar-refractivity contribution in [2.75, 3.05) is 5.32 Å². The molecule has 3 N–H and O–H groups in total. The van der Waals surface area contributed by atoms with E-state index in [1.54, 1.807) is 24.3 Å². The first-order valence-electron chi connectivity index (χ1n) is 4.64. The molecule has 5 nitrogen and oxygen atoms in total. The normalized spacial score (nSPS) is 9.62. The number of thiol groups is 1. The van der Waals surface area contributed by atoms with Gasteiger partial charge in [-0.25, -0.2) is 5.48 Å². The van der Waals surface area contributed by atoms with Gasteiger partial charge in [-0.3, -0.25) is 14.8 Å². The number of nitrogens with one attached hydrogen (secondary N) is 2. The second-order valence-corrected chi connectivity index (χ2v) is 3.58. The molecule has 0 heterocycles. The van der Waals surface area contributed by atoms with Crippen molar-refractivity contribution in [1.82, 2.24) is 5.48 Å². The Morgan fingerprint density at radius 1 is 1.19 bits per heavy atom. The van der Waals surface area contributed by atoms with Crippen molar-refractivity contribution in [3.05, 3.63) is 24.3 Å². The molecule has 0 aromatic heterocycles. The van der Waals surface area contributed by atoms with E-state index in [2.05, 4.69) is 17.9 Å². The van der Waals surface area contributed by atoms with Crippen LogP contribution in [0.25, 0.3) is 0 Å². The van der Waals surface area contributed by atoms with Crippen LogP contribution in [0.15, 0.2) is 29.2 Å². The molecule has 0 spiro atoms. The van der Waals surface area contributed by atoms with E-state index in [4.69, 9.17) is 5.21 Å². The van der Waals surface area contributed by atoms with Crippen LogP contribution < -0.4 is 10.8 Å². The summed E-state index contributed by atoms with van der Waals surface area (Å²) in [6.07, 6.45) is -0.0500. The largest absolute Gasteiger partial charge is 0.325 e. The van der Waals surface area contributed by atoms with E-state index >= 15 is 0 Å². The van der Waals surface area contributed by atoms with Crippen molar-refractivity contribution in [3.63, 3.8) is 0 Å². The molecule has 0 aliphatic carbocycles. The minimum absolute atomic E-state index is 0.00844. The summed E-state index contributed by atoms with van der Waals surface area (Å²) >= 11 is 4.17. The third-order valence-corrected chi connectivity index (χ3v) is 2.27. The Balaban J connectivity index is 2.46. The Bertz CT molecular complexity index is 395. The monoisotopic (exact) mass is 240 g/mol. The second-order valence-electron chi connectivity index (χ2n) is 3.10. The van der Waals surface area contributed by atoms with Gasteiger partial charge >= 0.3 is 0 Å². The molecule has 6 heteroatoms. The standard InChI is InChI=1S/C10H12N2O3S/c13-9(5-6-10(14)12-15)11-7-3-1-2-4-8(7)16/h1-4,15-16H,5-6H2,(H,11,13)(H,12,14). The van der Waals surface area contributed by atoms with Crippen LogP contribution in [0.1, 0.15) is 12.8 Å². The Morgan fingerprint density at radius 3 is 2.44 bits per heavy atom. The number of hydrogen-bond donors (Lipinski definition) is 4. The third-order valence-electron chi connectivity index (χ3n) is 1.88. The summed E-state index contributed by atoms with van der Waals surface area (Å²) in [6.45, 7) is 0. The minimum Gasteiger partial charge on any atom is -0.325 e. The molecule has 0 atom stereocenters. The topological polar surface area (TPSA) is 78.4 Å². The molecule has 0 saturated carbocycles. The summed E-state index contributed by atoms with van der Waals surface area (Å²) in [5.74, 6) is -0.889. The SMILES string of the molecule is O=C(CCC(=O)Nc1ccccc1S)NO. The minimum atomic E-state index is -0.589. The van der Waals surface area contributed by atoms with Crippen molar-refractivity contribution in [3.8, 4) is 0 Å². The van der Waals surface area contributed by atoms with Gasteiger partial charge in [0.2, 0.25) is 11.8 Å². The molecule has 1 rings (SSSR count). The maximum absolute atomic E-state index is 11.4. The molecular formula is C10H12N2O3S. The van der Waals surface area contributed by atoms with E-state index in [1.807, 2.05) is 0 Å². The lowest BCUT2D eigenvalue weighted by atomic mass is 10.2. The van der Waals surface area contributed by atoms with E-state index in [0.29, 0.717) is 10.6 Å². The molecule has 2 amide bonds. The van der Waals surface area contributed by atoms with Gasteiger partial charge in [0.05, 0.1) is 5.69 Å². The number of para-hydroxylation sites is 1. The fourth-order valence-corrected chi connectivity index (χ4v) is 1.29. The molecule has 16 heavy (non-hydrogen) atoms. The smallest absolute Gasteiger partial charge is 0.243 e. The predicted molar refractivity (Wildman–Crippen MR) is 61.5 cm³/mol. The maximum atomic E-state index is 11.4. The van der Waals surface area contributed by atoms with Crippen molar-refractivity contribution in [1.29, 1.82) is 0 Å². The molecule has 0 unspecified atom stereocenters. The van der Waals surface area contributed by atoms with Gasteiger partial charge in [-0.15, -0.1) is 12.6 Å². The van der Waals surface area contributed by atoms with Gasteiger partial charge in [0.25, 0.3) is 0 Å². The highest BCUT2D eigenvalue weighted by atomic mass is 32.1. The second kappa shape index (κ2) is 6.14. The number of amides is 2. The summed E-state index contributed by atoms with van der Waals surface area (Å²) in [7, 11) is 0. The lowest BCUT2D eigenvalue weighted by Gasteiger charge is -2.06. The van der Waals surface area contributed by atoms with Crippen molar-refractivity contribution < 1.29 is 14.8 Å². The van der Waals surface area contributed by atoms with Gasteiger partial charge in [-0.05, 0) is 12.1 Å². The van der Waals surface area contributed by atoms with Crippen LogP contribution in [0.4, 0.5) is 5.69 Å². The molecular weight excluding hydrogens is 228 g/mol. The summed E-state index contributed by atoms with van der Waals surface area (Å²) in [6, 6.07) is 7.04. The van der Waals surface area contributed by atoms with E-state index in [0.717, 1.165) is 0 Å². The quantitative estimate of drug-likeness (QED) is 0.363. The average Bonchev–Trinajstić information content (AvgIpc) is 2.29. The third kappa shape index (κ3) is 3.92. The maximum Gasteiger partial charge on any atom is 0.243 e. The molecule has 0 fully saturated rings. The summed E-state index contributed by atoms with van der Waals surface area (Å²) < 4.78 is 0. The van der Waals surface area contributed by atoms with Crippen LogP contribution in [-0.4, -0.2) is 17.0 Å². The van der Waals surface area contributed by atoms with E-state index in [9.17, 15) is 9.59 Å². The zero-order chi connectivity index (χ0) is 12.0. The highest BCUT2D eigenvalue weighted by Crippen LogP contribution is 2.18. The molecule has 1 aromatic rings. The van der Waals surface area contributed by atoms with Crippen LogP contribution in [0.3, 0.4) is 0 Å². The Labute approximate surface area is 98.2 Å². The van der Waals surface area contributed by atoms with E-state index in [-0.39, 0.29) is 18.7 Å². The number of benzene rings is 1. The van der Waals surface area contributed by atoms with Crippen LogP contribution >= 0.6 is 12.6 Å². The van der Waals surface area contributed by atoms with Crippen LogP contribution in [-0.2, 0) is 9.59 Å². The number of anilines is 1. The molecule has 0 bridgehead atoms. The Hall–Kier alpha value is -1.53. The molecule has 0 aliphatic heterocycles.